The van der Waals surface area contributed by atoms with Gasteiger partial charge in [-0.2, -0.15) is 0 Å². The summed E-state index contributed by atoms with van der Waals surface area (Å²) in [5.74, 6) is 0.550. The molecule has 0 spiro atoms. The highest BCUT2D eigenvalue weighted by Gasteiger charge is 1.96. The topological polar surface area (TPSA) is 39.2 Å². The average molecular weight is 229 g/mol. The van der Waals surface area contributed by atoms with Gasteiger partial charge in [0.05, 0.1) is 0 Å². The summed E-state index contributed by atoms with van der Waals surface area (Å²) < 4.78 is 4.79. The van der Waals surface area contributed by atoms with E-state index in [1.54, 1.807) is 27.8 Å². The van der Waals surface area contributed by atoms with Crippen LogP contribution in [0.3, 0.4) is 0 Å². The van der Waals surface area contributed by atoms with E-state index in [2.05, 4.69) is 4.98 Å². The Hall–Kier alpha value is -0.680. The van der Waals surface area contributed by atoms with Crippen molar-refractivity contribution in [2.24, 2.45) is 0 Å². The number of hydrogen-bond acceptors (Lipinski definition) is 5. The molecule has 0 aliphatic rings. The molecule has 0 saturated heterocycles. The summed E-state index contributed by atoms with van der Waals surface area (Å²) in [6.07, 6.45) is 1.76. The maximum absolute atomic E-state index is 10.4. The van der Waals surface area contributed by atoms with E-state index in [1.165, 1.54) is 6.92 Å². The number of pyridine rings is 1. The third kappa shape index (κ3) is 5.14. The molecular weight excluding hydrogens is 218 g/mol. The van der Waals surface area contributed by atoms with Gasteiger partial charge in [0.25, 0.3) is 0 Å². The van der Waals surface area contributed by atoms with Crippen LogP contribution in [-0.4, -0.2) is 23.3 Å². The minimum absolute atomic E-state index is 0.228. The van der Waals surface area contributed by atoms with Crippen LogP contribution in [0.15, 0.2) is 29.4 Å². The van der Waals surface area contributed by atoms with Crippen LogP contribution in [0.4, 0.5) is 0 Å². The number of carbonyl (C=O) groups excluding carboxylic acids is 1. The molecule has 0 saturated carbocycles. The second-order valence-corrected chi connectivity index (χ2v) is 4.85. The van der Waals surface area contributed by atoms with Crippen molar-refractivity contribution in [1.29, 1.82) is 0 Å². The quantitative estimate of drug-likeness (QED) is 0.440. The molecule has 0 aliphatic carbocycles. The van der Waals surface area contributed by atoms with E-state index in [0.29, 0.717) is 6.61 Å². The second kappa shape index (κ2) is 6.73. The van der Waals surface area contributed by atoms with E-state index < -0.39 is 0 Å². The number of ether oxygens (including phenoxy) is 1. The molecule has 0 radical (unpaired) electrons. The summed E-state index contributed by atoms with van der Waals surface area (Å²) in [5, 5.41) is 0.973. The lowest BCUT2D eigenvalue weighted by Gasteiger charge is -2.00. The molecule has 1 aromatic heterocycles. The highest BCUT2D eigenvalue weighted by Crippen LogP contribution is 2.28. The second-order valence-electron chi connectivity index (χ2n) is 2.41. The van der Waals surface area contributed by atoms with Gasteiger partial charge in [0, 0.05) is 18.9 Å². The van der Waals surface area contributed by atoms with Crippen LogP contribution < -0.4 is 0 Å². The van der Waals surface area contributed by atoms with Crippen LogP contribution in [0, 0.1) is 0 Å². The first-order valence-electron chi connectivity index (χ1n) is 4.13. The predicted molar refractivity (Wildman–Crippen MR) is 59.2 cm³/mol. The van der Waals surface area contributed by atoms with Gasteiger partial charge in [0.1, 0.15) is 11.6 Å². The summed E-state index contributed by atoms with van der Waals surface area (Å²) in [6, 6.07) is 5.78. The Bertz CT molecular complexity index is 279. The van der Waals surface area contributed by atoms with E-state index in [0.717, 1.165) is 10.8 Å². The monoisotopic (exact) mass is 229 g/mol. The summed E-state index contributed by atoms with van der Waals surface area (Å²) in [4.78, 5) is 14.6. The molecule has 0 atom stereocenters. The summed E-state index contributed by atoms with van der Waals surface area (Å²) >= 11 is 0. The van der Waals surface area contributed by atoms with Crippen molar-refractivity contribution in [3.63, 3.8) is 0 Å². The zero-order valence-corrected chi connectivity index (χ0v) is 9.44. The first-order valence-corrected chi connectivity index (χ1v) is 6.45. The minimum Gasteiger partial charge on any atom is -0.465 e. The van der Waals surface area contributed by atoms with Gasteiger partial charge < -0.3 is 4.74 Å². The normalized spacial score (nSPS) is 9.79. The lowest BCUT2D eigenvalue weighted by Crippen LogP contribution is -2.01. The first kappa shape index (κ1) is 11.4. The fourth-order valence-electron chi connectivity index (χ4n) is 0.718. The lowest BCUT2D eigenvalue weighted by atomic mass is 10.5. The van der Waals surface area contributed by atoms with E-state index in [1.807, 2.05) is 18.2 Å². The van der Waals surface area contributed by atoms with Crippen LogP contribution in [0.1, 0.15) is 6.92 Å². The van der Waals surface area contributed by atoms with E-state index in [4.69, 9.17) is 4.74 Å². The number of esters is 1. The van der Waals surface area contributed by atoms with Gasteiger partial charge in [-0.1, -0.05) is 16.9 Å². The van der Waals surface area contributed by atoms with E-state index in [9.17, 15) is 4.79 Å². The zero-order chi connectivity index (χ0) is 10.2. The van der Waals surface area contributed by atoms with Crippen LogP contribution in [0.2, 0.25) is 0 Å². The van der Waals surface area contributed by atoms with Gasteiger partial charge in [0.15, 0.2) is 0 Å². The Balaban J connectivity index is 2.08. The fraction of sp³-hybridized carbons (Fsp3) is 0.333. The molecule has 0 fully saturated rings. The van der Waals surface area contributed by atoms with Crippen LogP contribution in [0.25, 0.3) is 0 Å². The Labute approximate surface area is 91.0 Å². The van der Waals surface area contributed by atoms with E-state index >= 15 is 0 Å². The number of carbonyl (C=O) groups is 1. The summed E-state index contributed by atoms with van der Waals surface area (Å²) in [7, 11) is 3.21. The van der Waals surface area contributed by atoms with Crippen molar-refractivity contribution in [3.05, 3.63) is 24.4 Å². The average Bonchev–Trinajstić information content (AvgIpc) is 2.18. The van der Waals surface area contributed by atoms with E-state index in [-0.39, 0.29) is 5.97 Å². The minimum atomic E-state index is -0.228. The molecular formula is C9H11NO2S2. The van der Waals surface area contributed by atoms with Crippen molar-refractivity contribution in [2.75, 3.05) is 12.4 Å². The number of nitrogens with zero attached hydrogens (tertiary/aromatic N) is 1. The van der Waals surface area contributed by atoms with Crippen LogP contribution in [-0.2, 0) is 9.53 Å². The number of aromatic nitrogens is 1. The molecule has 0 aliphatic heterocycles. The number of hydrogen-bond donors (Lipinski definition) is 0. The Morgan fingerprint density at radius 3 is 3.07 bits per heavy atom. The molecule has 14 heavy (non-hydrogen) atoms. The van der Waals surface area contributed by atoms with Crippen molar-refractivity contribution < 1.29 is 9.53 Å². The molecule has 0 bridgehead atoms. The molecule has 76 valence electrons. The zero-order valence-electron chi connectivity index (χ0n) is 7.80. The third-order valence-electron chi connectivity index (χ3n) is 1.25. The van der Waals surface area contributed by atoms with Crippen LogP contribution in [0.5, 0.6) is 0 Å². The number of rotatable bonds is 5. The van der Waals surface area contributed by atoms with Gasteiger partial charge in [-0.15, -0.1) is 0 Å². The molecule has 1 aromatic rings. The largest absolute Gasteiger partial charge is 0.465 e. The molecule has 0 unspecified atom stereocenters. The smallest absolute Gasteiger partial charge is 0.302 e. The van der Waals surface area contributed by atoms with Crippen molar-refractivity contribution >= 4 is 27.6 Å². The molecule has 1 rings (SSSR count). The Morgan fingerprint density at radius 2 is 2.43 bits per heavy atom. The molecule has 5 heteroatoms. The van der Waals surface area contributed by atoms with Gasteiger partial charge in [-0.25, -0.2) is 4.98 Å². The maximum atomic E-state index is 10.4. The highest BCUT2D eigenvalue weighted by molar-refractivity contribution is 8.76. The summed E-state index contributed by atoms with van der Waals surface area (Å²) in [5.41, 5.74) is 0. The lowest BCUT2D eigenvalue weighted by molar-refractivity contribution is -0.140. The summed E-state index contributed by atoms with van der Waals surface area (Å²) in [6.45, 7) is 1.87. The van der Waals surface area contributed by atoms with Crippen molar-refractivity contribution in [3.8, 4) is 0 Å². The van der Waals surface area contributed by atoms with Crippen LogP contribution >= 0.6 is 21.6 Å². The molecule has 1 heterocycles. The standard InChI is InChI=1S/C9H11NO2S2/c1-8(11)12-6-7-13-14-9-4-2-3-5-10-9/h2-5H,6-7H2,1H3. The maximum Gasteiger partial charge on any atom is 0.302 e. The van der Waals surface area contributed by atoms with Gasteiger partial charge in [-0.3, -0.25) is 4.79 Å². The Kier molecular flexibility index (Phi) is 5.47. The predicted octanol–water partition coefficient (Wildman–Crippen LogP) is 2.39. The Morgan fingerprint density at radius 1 is 1.57 bits per heavy atom. The van der Waals surface area contributed by atoms with Gasteiger partial charge >= 0.3 is 5.97 Å². The SMILES string of the molecule is CC(=O)OCCSSc1ccccn1. The highest BCUT2D eigenvalue weighted by atomic mass is 33.1. The first-order chi connectivity index (χ1) is 6.79. The molecule has 0 N–H and O–H groups in total. The van der Waals surface area contributed by atoms with Crippen molar-refractivity contribution in [1.82, 2.24) is 4.98 Å². The van der Waals surface area contributed by atoms with Gasteiger partial charge in [-0.05, 0) is 22.9 Å². The van der Waals surface area contributed by atoms with Crippen molar-refractivity contribution in [2.45, 2.75) is 11.9 Å². The molecule has 3 nitrogen and oxygen atoms in total. The molecule has 0 amide bonds. The fourth-order valence-corrected chi connectivity index (χ4v) is 2.42. The third-order valence-corrected chi connectivity index (χ3v) is 3.48. The molecule has 0 aromatic carbocycles. The van der Waals surface area contributed by atoms with Gasteiger partial charge in [0.2, 0.25) is 0 Å².